The average molecular weight is 370 g/mol. The first-order valence-corrected chi connectivity index (χ1v) is 10.1. The Morgan fingerprint density at radius 3 is 2.89 bits per heavy atom. The lowest BCUT2D eigenvalue weighted by Gasteiger charge is -2.22. The van der Waals surface area contributed by atoms with Gasteiger partial charge in [0.1, 0.15) is 0 Å². The fraction of sp³-hybridized carbons (Fsp3) is 0.571. The molecule has 2 aromatic rings. The summed E-state index contributed by atoms with van der Waals surface area (Å²) in [5.74, 6) is 1.65. The number of fused-ring (bicyclic) bond motifs is 1. The Labute approximate surface area is 161 Å². The summed E-state index contributed by atoms with van der Waals surface area (Å²) in [4.78, 5) is 2.57. The normalized spacial score (nSPS) is 20.0. The maximum atomic E-state index is 5.85. The van der Waals surface area contributed by atoms with E-state index < -0.39 is 0 Å². The fourth-order valence-corrected chi connectivity index (χ4v) is 4.14. The molecule has 1 atom stereocenters. The second-order valence-electron chi connectivity index (χ2n) is 7.44. The molecule has 2 aliphatic heterocycles. The second-order valence-corrected chi connectivity index (χ2v) is 7.44. The smallest absolute Gasteiger partial charge is 0.161 e. The second kappa shape index (κ2) is 8.31. The van der Waals surface area contributed by atoms with Crippen LogP contribution in [0.2, 0.25) is 0 Å². The molecule has 1 saturated heterocycles. The average Bonchev–Trinajstić information content (AvgIpc) is 3.20. The molecular formula is C21H30N4O2. The van der Waals surface area contributed by atoms with Crippen LogP contribution in [0.4, 0.5) is 0 Å². The first kappa shape index (κ1) is 18.3. The van der Waals surface area contributed by atoms with Gasteiger partial charge in [-0.2, -0.15) is 5.10 Å². The molecule has 1 aromatic heterocycles. The molecule has 6 nitrogen and oxygen atoms in total. The molecule has 4 rings (SSSR count). The molecule has 0 spiro atoms. The number of aryl methyl sites for hydroxylation is 1. The summed E-state index contributed by atoms with van der Waals surface area (Å²) >= 11 is 0. The third-order valence-electron chi connectivity index (χ3n) is 5.53. The van der Waals surface area contributed by atoms with Gasteiger partial charge in [-0.05, 0) is 44.1 Å². The molecule has 0 saturated carbocycles. The van der Waals surface area contributed by atoms with Crippen molar-refractivity contribution in [1.29, 1.82) is 0 Å². The molecule has 1 unspecified atom stereocenters. The molecule has 2 aliphatic rings. The molecule has 1 aromatic carbocycles. The minimum Gasteiger partial charge on any atom is -0.490 e. The number of benzene rings is 1. The van der Waals surface area contributed by atoms with Crippen LogP contribution < -0.4 is 14.8 Å². The summed E-state index contributed by atoms with van der Waals surface area (Å²) < 4.78 is 13.5. The van der Waals surface area contributed by atoms with Gasteiger partial charge in [-0.25, -0.2) is 0 Å². The van der Waals surface area contributed by atoms with E-state index in [2.05, 4.69) is 35.5 Å². The molecule has 27 heavy (non-hydrogen) atoms. The maximum absolute atomic E-state index is 5.85. The molecule has 146 valence electrons. The number of hydrogen-bond donors (Lipinski definition) is 1. The van der Waals surface area contributed by atoms with E-state index >= 15 is 0 Å². The number of hydrogen-bond acceptors (Lipinski definition) is 5. The quantitative estimate of drug-likeness (QED) is 0.847. The largest absolute Gasteiger partial charge is 0.490 e. The van der Waals surface area contributed by atoms with E-state index in [-0.39, 0.29) is 0 Å². The standard InChI is InChI=1S/C21H30N4O2/c1-3-25-9-4-6-18(25)14-22-13-17-15-24(2)23-21(17)16-7-8-19-20(12-16)27-11-5-10-26-19/h7-8,12,15,18,22H,3-6,9-11,13-14H2,1-2H3. The molecular weight excluding hydrogens is 340 g/mol. The Bertz CT molecular complexity index is 774. The van der Waals surface area contributed by atoms with Gasteiger partial charge in [-0.15, -0.1) is 0 Å². The Balaban J connectivity index is 1.47. The van der Waals surface area contributed by atoms with Gasteiger partial charge < -0.3 is 14.8 Å². The zero-order valence-corrected chi connectivity index (χ0v) is 16.4. The van der Waals surface area contributed by atoms with Crippen molar-refractivity contribution in [3.8, 4) is 22.8 Å². The molecule has 0 radical (unpaired) electrons. The van der Waals surface area contributed by atoms with Crippen molar-refractivity contribution in [1.82, 2.24) is 20.0 Å². The molecule has 6 heteroatoms. The topological polar surface area (TPSA) is 51.6 Å². The highest BCUT2D eigenvalue weighted by molar-refractivity contribution is 5.66. The van der Waals surface area contributed by atoms with Crippen molar-refractivity contribution >= 4 is 0 Å². The van der Waals surface area contributed by atoms with E-state index in [1.165, 1.54) is 24.9 Å². The number of likely N-dealkylation sites (N-methyl/N-ethyl adjacent to an activating group) is 1. The summed E-state index contributed by atoms with van der Waals surface area (Å²) in [6.07, 6.45) is 5.63. The highest BCUT2D eigenvalue weighted by Crippen LogP contribution is 2.34. The van der Waals surface area contributed by atoms with E-state index in [1.54, 1.807) is 0 Å². The van der Waals surface area contributed by atoms with Crippen LogP contribution in [0.5, 0.6) is 11.5 Å². The van der Waals surface area contributed by atoms with E-state index in [1.807, 2.05) is 17.8 Å². The van der Waals surface area contributed by atoms with E-state index in [9.17, 15) is 0 Å². The zero-order chi connectivity index (χ0) is 18.6. The van der Waals surface area contributed by atoms with Crippen molar-refractivity contribution in [3.05, 3.63) is 30.0 Å². The van der Waals surface area contributed by atoms with Crippen molar-refractivity contribution in [2.45, 2.75) is 38.8 Å². The summed E-state index contributed by atoms with van der Waals surface area (Å²) in [6, 6.07) is 6.80. The van der Waals surface area contributed by atoms with Crippen molar-refractivity contribution < 1.29 is 9.47 Å². The van der Waals surface area contributed by atoms with Crippen LogP contribution in [-0.4, -0.2) is 53.6 Å². The summed E-state index contributed by atoms with van der Waals surface area (Å²) in [5, 5.41) is 8.36. The lowest BCUT2D eigenvalue weighted by Crippen LogP contribution is -2.37. The lowest BCUT2D eigenvalue weighted by molar-refractivity contribution is 0.260. The number of nitrogens with zero attached hydrogens (tertiary/aromatic N) is 3. The van der Waals surface area contributed by atoms with Gasteiger partial charge in [0.05, 0.1) is 18.9 Å². The summed E-state index contributed by atoms with van der Waals surface area (Å²) in [6.45, 7) is 7.89. The minimum atomic E-state index is 0.660. The Morgan fingerprint density at radius 2 is 2.04 bits per heavy atom. The van der Waals surface area contributed by atoms with Crippen molar-refractivity contribution in [3.63, 3.8) is 0 Å². The lowest BCUT2D eigenvalue weighted by atomic mass is 10.1. The van der Waals surface area contributed by atoms with Crippen LogP contribution in [0.3, 0.4) is 0 Å². The molecule has 0 aliphatic carbocycles. The Hall–Kier alpha value is -2.05. The third-order valence-corrected chi connectivity index (χ3v) is 5.53. The highest BCUT2D eigenvalue weighted by Gasteiger charge is 2.22. The maximum Gasteiger partial charge on any atom is 0.161 e. The number of ether oxygens (including phenoxy) is 2. The Kier molecular flexibility index (Phi) is 5.64. The highest BCUT2D eigenvalue weighted by atomic mass is 16.5. The fourth-order valence-electron chi connectivity index (χ4n) is 4.14. The summed E-state index contributed by atoms with van der Waals surface area (Å²) in [5.41, 5.74) is 3.31. The van der Waals surface area contributed by atoms with Crippen molar-refractivity contribution in [2.75, 3.05) is 32.8 Å². The molecule has 1 fully saturated rings. The number of aromatic nitrogens is 2. The molecule has 3 heterocycles. The van der Waals surface area contributed by atoms with Crippen molar-refractivity contribution in [2.24, 2.45) is 7.05 Å². The number of rotatable bonds is 6. The number of likely N-dealkylation sites (tertiary alicyclic amines) is 1. The molecule has 1 N–H and O–H groups in total. The van der Waals surface area contributed by atoms with Gasteiger partial charge in [0.25, 0.3) is 0 Å². The zero-order valence-electron chi connectivity index (χ0n) is 16.4. The minimum absolute atomic E-state index is 0.660. The van der Waals surface area contributed by atoms with Gasteiger partial charge in [0, 0.05) is 49.9 Å². The first-order chi connectivity index (χ1) is 13.2. The monoisotopic (exact) mass is 370 g/mol. The Morgan fingerprint density at radius 1 is 1.19 bits per heavy atom. The predicted molar refractivity (Wildman–Crippen MR) is 106 cm³/mol. The molecule has 0 amide bonds. The van der Waals surface area contributed by atoms with Crippen LogP contribution in [0.1, 0.15) is 31.7 Å². The van der Waals surface area contributed by atoms with Crippen LogP contribution in [0.15, 0.2) is 24.4 Å². The third kappa shape index (κ3) is 4.12. The summed E-state index contributed by atoms with van der Waals surface area (Å²) in [7, 11) is 1.98. The van der Waals surface area contributed by atoms with Gasteiger partial charge in [-0.3, -0.25) is 9.58 Å². The van der Waals surface area contributed by atoms with E-state index in [0.717, 1.165) is 48.8 Å². The van der Waals surface area contributed by atoms with Gasteiger partial charge in [-0.1, -0.05) is 6.92 Å². The van der Waals surface area contributed by atoms with Crippen LogP contribution in [0.25, 0.3) is 11.3 Å². The van der Waals surface area contributed by atoms with E-state index in [0.29, 0.717) is 19.3 Å². The molecule has 0 bridgehead atoms. The van der Waals surface area contributed by atoms with Crippen LogP contribution >= 0.6 is 0 Å². The van der Waals surface area contributed by atoms with Crippen LogP contribution in [-0.2, 0) is 13.6 Å². The number of nitrogens with one attached hydrogen (secondary N) is 1. The van der Waals surface area contributed by atoms with Gasteiger partial charge >= 0.3 is 0 Å². The van der Waals surface area contributed by atoms with Gasteiger partial charge in [0.15, 0.2) is 11.5 Å². The van der Waals surface area contributed by atoms with E-state index in [4.69, 9.17) is 14.6 Å². The van der Waals surface area contributed by atoms with Crippen LogP contribution in [0, 0.1) is 0 Å². The predicted octanol–water partition coefficient (Wildman–Crippen LogP) is 2.82. The van der Waals surface area contributed by atoms with Gasteiger partial charge in [0.2, 0.25) is 0 Å². The SMILES string of the molecule is CCN1CCCC1CNCc1cn(C)nc1-c1ccc2c(c1)OCCCO2. The first-order valence-electron chi connectivity index (χ1n) is 10.1.